The molecule has 17 heavy (non-hydrogen) atoms. The number of amides is 1. The predicted octanol–water partition coefficient (Wildman–Crippen LogP) is 0.157. The van der Waals surface area contributed by atoms with Crippen LogP contribution < -0.4 is 11.1 Å². The lowest BCUT2D eigenvalue weighted by atomic mass is 10.2. The predicted molar refractivity (Wildman–Crippen MR) is 69.3 cm³/mol. The zero-order valence-corrected chi connectivity index (χ0v) is 11.9. The van der Waals surface area contributed by atoms with Crippen molar-refractivity contribution in [3.63, 3.8) is 0 Å². The van der Waals surface area contributed by atoms with Gasteiger partial charge in [0.05, 0.1) is 5.75 Å². The summed E-state index contributed by atoms with van der Waals surface area (Å²) in [5, 5.41) is 1.63. The molecule has 0 heterocycles. The summed E-state index contributed by atoms with van der Waals surface area (Å²) < 4.78 is 23.7. The quantitative estimate of drug-likeness (QED) is 0.685. The maximum absolute atomic E-state index is 11.9. The number of carbonyl (C=O) groups excluding carboxylic acids is 1. The number of rotatable bonds is 7. The summed E-state index contributed by atoms with van der Waals surface area (Å²) in [6.07, 6.45) is 0. The Kier molecular flexibility index (Phi) is 6.70. The number of sulfone groups is 1. The Morgan fingerprint density at radius 1 is 1.24 bits per heavy atom. The Labute approximate surface area is 104 Å². The second-order valence-electron chi connectivity index (χ2n) is 4.95. The summed E-state index contributed by atoms with van der Waals surface area (Å²) in [6, 6.07) is 0. The van der Waals surface area contributed by atoms with Crippen LogP contribution in [0, 0.1) is 11.8 Å². The molecule has 0 fully saturated rings. The molecule has 0 aliphatic rings. The Bertz CT molecular complexity index is 339. The van der Waals surface area contributed by atoms with Crippen molar-refractivity contribution in [1.29, 1.82) is 0 Å². The van der Waals surface area contributed by atoms with Gasteiger partial charge in [0.1, 0.15) is 5.25 Å². The highest BCUT2D eigenvalue weighted by atomic mass is 32.2. The fraction of sp³-hybridized carbons (Fsp3) is 0.909. The van der Waals surface area contributed by atoms with E-state index in [9.17, 15) is 13.2 Å². The van der Waals surface area contributed by atoms with E-state index in [1.165, 1.54) is 6.92 Å². The molecule has 5 nitrogen and oxygen atoms in total. The van der Waals surface area contributed by atoms with E-state index in [1.807, 2.05) is 13.8 Å². The summed E-state index contributed by atoms with van der Waals surface area (Å²) in [5.74, 6) is -0.292. The Morgan fingerprint density at radius 2 is 1.76 bits per heavy atom. The van der Waals surface area contributed by atoms with Crippen LogP contribution in [0.5, 0.6) is 0 Å². The van der Waals surface area contributed by atoms with Gasteiger partial charge in [-0.25, -0.2) is 8.42 Å². The van der Waals surface area contributed by atoms with E-state index >= 15 is 0 Å². The van der Waals surface area contributed by atoms with Gasteiger partial charge in [-0.05, 0) is 25.3 Å². The van der Waals surface area contributed by atoms with Gasteiger partial charge in [-0.2, -0.15) is 0 Å². The minimum Gasteiger partial charge on any atom is -0.355 e. The third-order valence-corrected chi connectivity index (χ3v) is 4.84. The minimum atomic E-state index is -3.41. The van der Waals surface area contributed by atoms with Crippen molar-refractivity contribution in [1.82, 2.24) is 5.32 Å². The molecule has 0 aromatic heterocycles. The van der Waals surface area contributed by atoms with E-state index in [0.29, 0.717) is 19.0 Å². The van der Waals surface area contributed by atoms with Gasteiger partial charge in [-0.1, -0.05) is 20.8 Å². The first-order valence-corrected chi connectivity index (χ1v) is 7.61. The molecule has 0 bridgehead atoms. The average molecular weight is 264 g/mol. The molecule has 0 rings (SSSR count). The molecule has 102 valence electrons. The van der Waals surface area contributed by atoms with Crippen LogP contribution in [0.4, 0.5) is 0 Å². The maximum Gasteiger partial charge on any atom is 0.238 e. The van der Waals surface area contributed by atoms with Gasteiger partial charge in [0.2, 0.25) is 5.91 Å². The molecule has 0 aliphatic carbocycles. The van der Waals surface area contributed by atoms with Crippen molar-refractivity contribution in [2.45, 2.75) is 32.9 Å². The van der Waals surface area contributed by atoms with Crippen molar-refractivity contribution in [3.8, 4) is 0 Å². The number of nitrogens with two attached hydrogens (primary N) is 1. The average Bonchev–Trinajstić information content (AvgIpc) is 2.23. The normalized spacial score (nSPS) is 15.6. The molecule has 0 radical (unpaired) electrons. The van der Waals surface area contributed by atoms with E-state index in [4.69, 9.17) is 5.73 Å². The molecule has 3 N–H and O–H groups in total. The molecule has 0 saturated carbocycles. The van der Waals surface area contributed by atoms with E-state index in [-0.39, 0.29) is 11.7 Å². The Morgan fingerprint density at radius 3 is 2.18 bits per heavy atom. The molecule has 1 amide bonds. The molecule has 2 unspecified atom stereocenters. The molecular weight excluding hydrogens is 240 g/mol. The Hall–Kier alpha value is -0.620. The highest BCUT2D eigenvalue weighted by molar-refractivity contribution is 7.92. The van der Waals surface area contributed by atoms with Crippen LogP contribution in [0.3, 0.4) is 0 Å². The lowest BCUT2D eigenvalue weighted by Gasteiger charge is -2.16. The molecule has 0 aromatic carbocycles. The zero-order chi connectivity index (χ0) is 13.6. The van der Waals surface area contributed by atoms with Crippen LogP contribution in [-0.4, -0.2) is 38.4 Å². The Balaban J connectivity index is 4.46. The van der Waals surface area contributed by atoms with Crippen LogP contribution in [0.2, 0.25) is 0 Å². The first-order chi connectivity index (χ1) is 7.70. The van der Waals surface area contributed by atoms with Gasteiger partial charge >= 0.3 is 0 Å². The highest BCUT2D eigenvalue weighted by Crippen LogP contribution is 2.07. The van der Waals surface area contributed by atoms with Crippen molar-refractivity contribution in [2.24, 2.45) is 17.6 Å². The van der Waals surface area contributed by atoms with Gasteiger partial charge in [0.25, 0.3) is 0 Å². The van der Waals surface area contributed by atoms with Crippen LogP contribution in [0.15, 0.2) is 0 Å². The first-order valence-electron chi connectivity index (χ1n) is 5.90. The van der Waals surface area contributed by atoms with Crippen LogP contribution in [0.1, 0.15) is 27.7 Å². The van der Waals surface area contributed by atoms with Crippen LogP contribution >= 0.6 is 0 Å². The number of carbonyl (C=O) groups is 1. The maximum atomic E-state index is 11.9. The molecule has 6 heteroatoms. The highest BCUT2D eigenvalue weighted by Gasteiger charge is 2.28. The van der Waals surface area contributed by atoms with Crippen molar-refractivity contribution in [3.05, 3.63) is 0 Å². The molecule has 0 saturated heterocycles. The largest absolute Gasteiger partial charge is 0.355 e. The summed E-state index contributed by atoms with van der Waals surface area (Å²) in [4.78, 5) is 11.6. The van der Waals surface area contributed by atoms with Crippen LogP contribution in [-0.2, 0) is 14.6 Å². The lowest BCUT2D eigenvalue weighted by Crippen LogP contribution is -2.41. The van der Waals surface area contributed by atoms with E-state index < -0.39 is 21.0 Å². The van der Waals surface area contributed by atoms with Gasteiger partial charge in [0, 0.05) is 6.54 Å². The minimum absolute atomic E-state index is 0.0419. The third kappa shape index (κ3) is 6.02. The second kappa shape index (κ2) is 6.96. The smallest absolute Gasteiger partial charge is 0.238 e. The topological polar surface area (TPSA) is 89.3 Å². The van der Waals surface area contributed by atoms with Gasteiger partial charge in [-0.15, -0.1) is 0 Å². The fourth-order valence-corrected chi connectivity index (χ4v) is 2.85. The summed E-state index contributed by atoms with van der Waals surface area (Å²) in [7, 11) is -3.41. The molecule has 0 aliphatic heterocycles. The van der Waals surface area contributed by atoms with Crippen molar-refractivity contribution in [2.75, 3.05) is 18.8 Å². The fourth-order valence-electron chi connectivity index (χ4n) is 1.22. The number of hydrogen-bond donors (Lipinski definition) is 2. The number of nitrogens with one attached hydrogen (secondary N) is 1. The van der Waals surface area contributed by atoms with Crippen molar-refractivity contribution < 1.29 is 13.2 Å². The van der Waals surface area contributed by atoms with E-state index in [2.05, 4.69) is 5.32 Å². The number of hydrogen-bond acceptors (Lipinski definition) is 4. The van der Waals surface area contributed by atoms with Gasteiger partial charge in [-0.3, -0.25) is 4.79 Å². The standard InChI is InChI=1S/C11H24N2O3S/c1-8(2)6-13-11(14)10(4)17(15,16)7-9(3)5-12/h8-10H,5-7,12H2,1-4H3,(H,13,14). The third-order valence-electron chi connectivity index (χ3n) is 2.51. The SMILES string of the molecule is CC(C)CNC(=O)C(C)S(=O)(=O)CC(C)CN. The molecule has 0 spiro atoms. The monoisotopic (exact) mass is 264 g/mol. The first kappa shape index (κ1) is 16.4. The molecule has 0 aromatic rings. The zero-order valence-electron chi connectivity index (χ0n) is 11.1. The van der Waals surface area contributed by atoms with Crippen LogP contribution in [0.25, 0.3) is 0 Å². The second-order valence-corrected chi connectivity index (χ2v) is 7.32. The van der Waals surface area contributed by atoms with E-state index in [1.54, 1.807) is 6.92 Å². The molecular formula is C11H24N2O3S. The molecule has 2 atom stereocenters. The summed E-state index contributed by atoms with van der Waals surface area (Å²) >= 11 is 0. The summed E-state index contributed by atoms with van der Waals surface area (Å²) in [5.41, 5.74) is 5.39. The van der Waals surface area contributed by atoms with Gasteiger partial charge in [0.15, 0.2) is 9.84 Å². The van der Waals surface area contributed by atoms with E-state index in [0.717, 1.165) is 0 Å². The van der Waals surface area contributed by atoms with Crippen molar-refractivity contribution >= 4 is 15.7 Å². The van der Waals surface area contributed by atoms with Gasteiger partial charge < -0.3 is 11.1 Å². The lowest BCUT2D eigenvalue weighted by molar-refractivity contribution is -0.120. The summed E-state index contributed by atoms with van der Waals surface area (Å²) in [6.45, 7) is 7.89.